The Morgan fingerprint density at radius 2 is 1.29 bits per heavy atom. The molecule has 0 unspecified atom stereocenters. The maximum absolute atomic E-state index is 13.0. The summed E-state index contributed by atoms with van der Waals surface area (Å²) in [5.41, 5.74) is 2.63. The first-order valence-corrected chi connectivity index (χ1v) is 12.7. The van der Waals surface area contributed by atoms with Crippen LogP contribution in [0, 0.1) is 0 Å². The number of hydrogen-bond acceptors (Lipinski definition) is 5. The fourth-order valence-electron chi connectivity index (χ4n) is 3.29. The van der Waals surface area contributed by atoms with Crippen LogP contribution in [0.4, 0.5) is 17.1 Å². The molecule has 8 nitrogen and oxygen atoms in total. The standard InChI is InChI=1S/C26H29N3O5S/c1-26(2,3)19-10-6-17(7-11-19)25(31)28-23-16-20(29-35(5,32)33)12-15-22(23)27-24(30)18-8-13-21(34-4)14-9-18/h6-16,29H,1-5H3,(H,27,30)(H,28,31). The van der Waals surface area contributed by atoms with Crippen molar-refractivity contribution < 1.29 is 22.7 Å². The van der Waals surface area contributed by atoms with Crippen LogP contribution in [-0.2, 0) is 15.4 Å². The van der Waals surface area contributed by atoms with Gasteiger partial charge in [-0.05, 0) is 65.6 Å². The quantitative estimate of drug-likeness (QED) is 0.433. The molecule has 0 saturated carbocycles. The van der Waals surface area contributed by atoms with Gasteiger partial charge < -0.3 is 15.4 Å². The molecule has 9 heteroatoms. The van der Waals surface area contributed by atoms with E-state index in [1.54, 1.807) is 36.4 Å². The summed E-state index contributed by atoms with van der Waals surface area (Å²) in [5.74, 6) is -0.188. The first kappa shape index (κ1) is 25.8. The third-order valence-electron chi connectivity index (χ3n) is 5.18. The summed E-state index contributed by atoms with van der Waals surface area (Å²) in [5, 5.41) is 5.55. The van der Waals surface area contributed by atoms with Gasteiger partial charge in [0, 0.05) is 11.1 Å². The van der Waals surface area contributed by atoms with Crippen LogP contribution in [-0.4, -0.2) is 33.6 Å². The lowest BCUT2D eigenvalue weighted by molar-refractivity contribution is 0.101. The molecule has 0 aliphatic heterocycles. The maximum Gasteiger partial charge on any atom is 0.255 e. The molecule has 3 rings (SSSR count). The second kappa shape index (κ2) is 10.2. The molecule has 0 aromatic heterocycles. The molecule has 0 heterocycles. The third kappa shape index (κ3) is 7.07. The SMILES string of the molecule is COc1ccc(C(=O)Nc2ccc(NS(C)(=O)=O)cc2NC(=O)c2ccc(C(C)(C)C)cc2)cc1. The van der Waals surface area contributed by atoms with Crippen LogP contribution >= 0.6 is 0 Å². The maximum atomic E-state index is 13.0. The van der Waals surface area contributed by atoms with Crippen molar-refractivity contribution in [3.05, 3.63) is 83.4 Å². The fraction of sp³-hybridized carbons (Fsp3) is 0.231. The Balaban J connectivity index is 1.89. The van der Waals surface area contributed by atoms with Gasteiger partial charge in [-0.3, -0.25) is 14.3 Å². The molecule has 0 aliphatic rings. The van der Waals surface area contributed by atoms with Gasteiger partial charge in [0.15, 0.2) is 0 Å². The highest BCUT2D eigenvalue weighted by molar-refractivity contribution is 7.92. The number of sulfonamides is 1. The smallest absolute Gasteiger partial charge is 0.255 e. The Kier molecular flexibility index (Phi) is 7.50. The van der Waals surface area contributed by atoms with Gasteiger partial charge in [0.25, 0.3) is 11.8 Å². The number of amides is 2. The topological polar surface area (TPSA) is 114 Å². The average molecular weight is 496 g/mol. The Morgan fingerprint density at radius 3 is 1.77 bits per heavy atom. The van der Waals surface area contributed by atoms with E-state index in [4.69, 9.17) is 4.74 Å². The van der Waals surface area contributed by atoms with Gasteiger partial charge in [0.05, 0.1) is 30.4 Å². The molecule has 3 N–H and O–H groups in total. The number of benzene rings is 3. The predicted molar refractivity (Wildman–Crippen MR) is 139 cm³/mol. The van der Waals surface area contributed by atoms with Crippen molar-refractivity contribution in [3.63, 3.8) is 0 Å². The Morgan fingerprint density at radius 1 is 0.771 bits per heavy atom. The zero-order valence-electron chi connectivity index (χ0n) is 20.3. The number of anilines is 3. The van der Waals surface area contributed by atoms with Crippen molar-refractivity contribution in [2.24, 2.45) is 0 Å². The molecule has 0 spiro atoms. The van der Waals surface area contributed by atoms with Crippen molar-refractivity contribution >= 4 is 38.9 Å². The second-order valence-corrected chi connectivity index (χ2v) is 10.8. The van der Waals surface area contributed by atoms with Gasteiger partial charge in [-0.15, -0.1) is 0 Å². The monoisotopic (exact) mass is 495 g/mol. The van der Waals surface area contributed by atoms with Gasteiger partial charge in [-0.25, -0.2) is 8.42 Å². The van der Waals surface area contributed by atoms with E-state index < -0.39 is 21.8 Å². The molecule has 0 radical (unpaired) electrons. The number of ether oxygens (including phenoxy) is 1. The van der Waals surface area contributed by atoms with Crippen molar-refractivity contribution in [2.45, 2.75) is 26.2 Å². The minimum absolute atomic E-state index is 0.0560. The summed E-state index contributed by atoms with van der Waals surface area (Å²) in [7, 11) is -2.01. The van der Waals surface area contributed by atoms with Crippen molar-refractivity contribution in [2.75, 3.05) is 28.7 Å². The number of carbonyl (C=O) groups excluding carboxylic acids is 2. The van der Waals surface area contributed by atoms with E-state index >= 15 is 0 Å². The molecule has 35 heavy (non-hydrogen) atoms. The van der Waals surface area contributed by atoms with E-state index in [2.05, 4.69) is 36.1 Å². The molecule has 0 atom stereocenters. The van der Waals surface area contributed by atoms with Crippen LogP contribution in [0.25, 0.3) is 0 Å². The lowest BCUT2D eigenvalue weighted by atomic mass is 9.87. The largest absolute Gasteiger partial charge is 0.497 e. The zero-order chi connectivity index (χ0) is 25.8. The third-order valence-corrected chi connectivity index (χ3v) is 5.79. The van der Waals surface area contributed by atoms with Gasteiger partial charge in [-0.1, -0.05) is 32.9 Å². The highest BCUT2D eigenvalue weighted by atomic mass is 32.2. The van der Waals surface area contributed by atoms with E-state index in [0.717, 1.165) is 11.8 Å². The molecular formula is C26H29N3O5S. The van der Waals surface area contributed by atoms with Crippen LogP contribution in [0.3, 0.4) is 0 Å². The van der Waals surface area contributed by atoms with Crippen molar-refractivity contribution in [3.8, 4) is 5.75 Å². The van der Waals surface area contributed by atoms with Crippen LogP contribution < -0.4 is 20.1 Å². The van der Waals surface area contributed by atoms with E-state index in [0.29, 0.717) is 22.6 Å². The summed E-state index contributed by atoms with van der Waals surface area (Å²) in [6, 6.07) is 18.3. The molecule has 3 aromatic rings. The van der Waals surface area contributed by atoms with Crippen molar-refractivity contribution in [1.29, 1.82) is 0 Å². The van der Waals surface area contributed by atoms with E-state index in [-0.39, 0.29) is 16.8 Å². The summed E-state index contributed by atoms with van der Waals surface area (Å²) >= 11 is 0. The van der Waals surface area contributed by atoms with Crippen LogP contribution in [0.5, 0.6) is 5.75 Å². The Labute approximate surface area is 205 Å². The highest BCUT2D eigenvalue weighted by Crippen LogP contribution is 2.28. The second-order valence-electron chi connectivity index (χ2n) is 9.10. The molecule has 0 bridgehead atoms. The molecule has 2 amide bonds. The van der Waals surface area contributed by atoms with Gasteiger partial charge in [0.2, 0.25) is 10.0 Å². The molecule has 0 fully saturated rings. The van der Waals surface area contributed by atoms with Gasteiger partial charge in [0.1, 0.15) is 5.75 Å². The summed E-state index contributed by atoms with van der Waals surface area (Å²) in [6.07, 6.45) is 1.03. The molecular weight excluding hydrogens is 466 g/mol. The van der Waals surface area contributed by atoms with Gasteiger partial charge >= 0.3 is 0 Å². The minimum atomic E-state index is -3.54. The first-order chi connectivity index (χ1) is 16.4. The normalized spacial score (nSPS) is 11.5. The summed E-state index contributed by atoms with van der Waals surface area (Å²) in [4.78, 5) is 25.8. The van der Waals surface area contributed by atoms with Crippen LogP contribution in [0.2, 0.25) is 0 Å². The molecule has 0 saturated heterocycles. The number of rotatable bonds is 7. The first-order valence-electron chi connectivity index (χ1n) is 10.8. The van der Waals surface area contributed by atoms with E-state index in [9.17, 15) is 18.0 Å². The van der Waals surface area contributed by atoms with Crippen LogP contribution in [0.15, 0.2) is 66.7 Å². The summed E-state index contributed by atoms with van der Waals surface area (Å²) in [6.45, 7) is 6.25. The zero-order valence-corrected chi connectivity index (χ0v) is 21.1. The van der Waals surface area contributed by atoms with E-state index in [1.807, 2.05) is 12.1 Å². The molecule has 184 valence electrons. The Bertz CT molecular complexity index is 1330. The lowest BCUT2D eigenvalue weighted by Gasteiger charge is -2.19. The fourth-order valence-corrected chi connectivity index (χ4v) is 3.84. The van der Waals surface area contributed by atoms with E-state index in [1.165, 1.54) is 25.3 Å². The van der Waals surface area contributed by atoms with Crippen LogP contribution in [0.1, 0.15) is 47.1 Å². The minimum Gasteiger partial charge on any atom is -0.497 e. The summed E-state index contributed by atoms with van der Waals surface area (Å²) < 4.78 is 30.9. The molecule has 3 aromatic carbocycles. The van der Waals surface area contributed by atoms with Crippen molar-refractivity contribution in [1.82, 2.24) is 0 Å². The predicted octanol–water partition coefficient (Wildman–Crippen LogP) is 4.87. The average Bonchev–Trinajstić information content (AvgIpc) is 2.79. The Hall–Kier alpha value is -3.85. The van der Waals surface area contributed by atoms with Gasteiger partial charge in [-0.2, -0.15) is 0 Å². The number of nitrogens with one attached hydrogen (secondary N) is 3. The number of methoxy groups -OCH3 is 1. The highest BCUT2D eigenvalue weighted by Gasteiger charge is 2.17. The lowest BCUT2D eigenvalue weighted by Crippen LogP contribution is -2.18. The number of carbonyl (C=O) groups is 2. The number of hydrogen-bond donors (Lipinski definition) is 3. The molecule has 0 aliphatic carbocycles.